The lowest BCUT2D eigenvalue weighted by Crippen LogP contribution is -2.11. The molecular weight excluding hydrogens is 256 g/mol. The molecule has 1 aromatic carbocycles. The Morgan fingerprint density at radius 3 is 2.80 bits per heavy atom. The molecule has 2 aromatic rings. The van der Waals surface area contributed by atoms with Crippen LogP contribution in [0.3, 0.4) is 0 Å². The molecule has 0 aliphatic heterocycles. The summed E-state index contributed by atoms with van der Waals surface area (Å²) in [4.78, 5) is 17.5. The summed E-state index contributed by atoms with van der Waals surface area (Å²) in [5.74, 6) is 0. The third-order valence-corrected chi connectivity index (χ3v) is 2.84. The number of hydrogen-bond donors (Lipinski definition) is 1. The first kappa shape index (κ1) is 10.1. The van der Waals surface area contributed by atoms with Gasteiger partial charge < -0.3 is 4.98 Å². The highest BCUT2D eigenvalue weighted by Crippen LogP contribution is 2.27. The minimum atomic E-state index is -0.327. The van der Waals surface area contributed by atoms with Gasteiger partial charge in [-0.1, -0.05) is 34.1 Å². The standard InChI is InChI=1S/C11H9BrN2O/c1-7-6-13-11(15)14-10(7)8-4-2-3-5-9(8)12/h2-6H,1H3,(H,13,14,15). The lowest BCUT2D eigenvalue weighted by Gasteiger charge is -2.06. The van der Waals surface area contributed by atoms with Crippen LogP contribution in [0.25, 0.3) is 11.3 Å². The molecule has 3 nitrogen and oxygen atoms in total. The average molecular weight is 265 g/mol. The largest absolute Gasteiger partial charge is 0.345 e. The maximum atomic E-state index is 11.1. The zero-order chi connectivity index (χ0) is 10.8. The number of H-pyrrole nitrogens is 1. The molecule has 1 N–H and O–H groups in total. The van der Waals surface area contributed by atoms with E-state index in [-0.39, 0.29) is 5.69 Å². The van der Waals surface area contributed by atoms with Gasteiger partial charge in [-0.05, 0) is 18.6 Å². The number of halogens is 1. The topological polar surface area (TPSA) is 45.8 Å². The van der Waals surface area contributed by atoms with E-state index in [4.69, 9.17) is 0 Å². The summed E-state index contributed by atoms with van der Waals surface area (Å²) in [6, 6.07) is 7.75. The van der Waals surface area contributed by atoms with Crippen molar-refractivity contribution in [3.63, 3.8) is 0 Å². The molecule has 0 fully saturated rings. The summed E-state index contributed by atoms with van der Waals surface area (Å²) >= 11 is 3.45. The van der Waals surface area contributed by atoms with E-state index in [9.17, 15) is 4.79 Å². The van der Waals surface area contributed by atoms with Crippen LogP contribution in [0.1, 0.15) is 5.56 Å². The molecule has 0 saturated carbocycles. The van der Waals surface area contributed by atoms with Crippen molar-refractivity contribution < 1.29 is 0 Å². The highest BCUT2D eigenvalue weighted by molar-refractivity contribution is 9.10. The van der Waals surface area contributed by atoms with Crippen molar-refractivity contribution in [3.8, 4) is 11.3 Å². The lowest BCUT2D eigenvalue weighted by molar-refractivity contribution is 1.05. The molecule has 0 spiro atoms. The fourth-order valence-electron chi connectivity index (χ4n) is 1.40. The second-order valence-corrected chi connectivity index (χ2v) is 4.08. The highest BCUT2D eigenvalue weighted by atomic mass is 79.9. The fourth-order valence-corrected chi connectivity index (χ4v) is 1.88. The van der Waals surface area contributed by atoms with E-state index in [1.54, 1.807) is 6.20 Å². The van der Waals surface area contributed by atoms with Crippen molar-refractivity contribution in [1.29, 1.82) is 0 Å². The van der Waals surface area contributed by atoms with Gasteiger partial charge in [-0.3, -0.25) is 0 Å². The number of aryl methyl sites for hydroxylation is 1. The van der Waals surface area contributed by atoms with Crippen molar-refractivity contribution in [1.82, 2.24) is 9.97 Å². The predicted octanol–water partition coefficient (Wildman–Crippen LogP) is 2.51. The molecule has 1 heterocycles. The van der Waals surface area contributed by atoms with Crippen LogP contribution in [-0.4, -0.2) is 9.97 Å². The van der Waals surface area contributed by atoms with Gasteiger partial charge in [-0.25, -0.2) is 9.78 Å². The quantitative estimate of drug-likeness (QED) is 0.861. The Balaban J connectivity index is 2.69. The normalized spacial score (nSPS) is 10.3. The van der Waals surface area contributed by atoms with Gasteiger partial charge in [0, 0.05) is 16.2 Å². The number of hydrogen-bond acceptors (Lipinski definition) is 2. The van der Waals surface area contributed by atoms with Gasteiger partial charge in [0.05, 0.1) is 5.69 Å². The third kappa shape index (κ3) is 1.99. The molecule has 1 aromatic heterocycles. The Kier molecular flexibility index (Phi) is 2.68. The first-order valence-electron chi connectivity index (χ1n) is 4.49. The molecule has 0 atom stereocenters. The fraction of sp³-hybridized carbons (Fsp3) is 0.0909. The van der Waals surface area contributed by atoms with Crippen molar-refractivity contribution in [2.75, 3.05) is 0 Å². The minimum absolute atomic E-state index is 0.327. The van der Waals surface area contributed by atoms with Crippen LogP contribution < -0.4 is 5.69 Å². The molecule has 0 radical (unpaired) electrons. The van der Waals surface area contributed by atoms with Crippen LogP contribution in [0.2, 0.25) is 0 Å². The summed E-state index contributed by atoms with van der Waals surface area (Å²) in [6.45, 7) is 1.91. The Labute approximate surface area is 95.3 Å². The van der Waals surface area contributed by atoms with Crippen molar-refractivity contribution >= 4 is 15.9 Å². The molecule has 2 rings (SSSR count). The van der Waals surface area contributed by atoms with Crippen LogP contribution in [0.15, 0.2) is 39.7 Å². The number of nitrogens with zero attached hydrogens (tertiary/aromatic N) is 1. The summed E-state index contributed by atoms with van der Waals surface area (Å²) in [5.41, 5.74) is 2.39. The minimum Gasteiger partial charge on any atom is -0.305 e. The van der Waals surface area contributed by atoms with Crippen molar-refractivity contribution in [3.05, 3.63) is 51.0 Å². The zero-order valence-electron chi connectivity index (χ0n) is 8.12. The smallest absolute Gasteiger partial charge is 0.305 e. The van der Waals surface area contributed by atoms with E-state index in [2.05, 4.69) is 25.9 Å². The van der Waals surface area contributed by atoms with E-state index in [1.807, 2.05) is 31.2 Å². The molecule has 76 valence electrons. The molecular formula is C11H9BrN2O. The van der Waals surface area contributed by atoms with Crippen LogP contribution >= 0.6 is 15.9 Å². The van der Waals surface area contributed by atoms with Crippen molar-refractivity contribution in [2.45, 2.75) is 6.92 Å². The maximum Gasteiger partial charge on any atom is 0.345 e. The van der Waals surface area contributed by atoms with Crippen LogP contribution in [0.4, 0.5) is 0 Å². The second-order valence-electron chi connectivity index (χ2n) is 3.23. The number of rotatable bonds is 1. The zero-order valence-corrected chi connectivity index (χ0v) is 9.71. The number of aromatic amines is 1. The van der Waals surface area contributed by atoms with Gasteiger partial charge in [-0.2, -0.15) is 0 Å². The second kappa shape index (κ2) is 3.98. The van der Waals surface area contributed by atoms with Gasteiger partial charge >= 0.3 is 5.69 Å². The monoisotopic (exact) mass is 264 g/mol. The van der Waals surface area contributed by atoms with E-state index >= 15 is 0 Å². The van der Waals surface area contributed by atoms with E-state index in [0.717, 1.165) is 21.3 Å². The molecule has 0 bridgehead atoms. The van der Waals surface area contributed by atoms with Crippen LogP contribution in [0, 0.1) is 6.92 Å². The number of nitrogens with one attached hydrogen (secondary N) is 1. The Morgan fingerprint density at radius 1 is 1.33 bits per heavy atom. The summed E-state index contributed by atoms with van der Waals surface area (Å²) in [7, 11) is 0. The SMILES string of the molecule is Cc1cnc(=O)[nH]c1-c1ccccc1Br. The van der Waals surface area contributed by atoms with E-state index in [1.165, 1.54) is 0 Å². The molecule has 4 heteroatoms. The molecule has 0 saturated heterocycles. The van der Waals surface area contributed by atoms with Gasteiger partial charge in [0.2, 0.25) is 0 Å². The van der Waals surface area contributed by atoms with Crippen LogP contribution in [0.5, 0.6) is 0 Å². The van der Waals surface area contributed by atoms with Gasteiger partial charge in [-0.15, -0.1) is 0 Å². The molecule has 15 heavy (non-hydrogen) atoms. The molecule has 0 aliphatic carbocycles. The summed E-state index contributed by atoms with van der Waals surface area (Å²) in [5, 5.41) is 0. The Bertz CT molecular complexity index is 548. The molecule has 0 amide bonds. The Morgan fingerprint density at radius 2 is 2.07 bits per heavy atom. The van der Waals surface area contributed by atoms with Gasteiger partial charge in [0.25, 0.3) is 0 Å². The third-order valence-electron chi connectivity index (χ3n) is 2.14. The van der Waals surface area contributed by atoms with Crippen molar-refractivity contribution in [2.24, 2.45) is 0 Å². The van der Waals surface area contributed by atoms with Gasteiger partial charge in [0.15, 0.2) is 0 Å². The predicted molar refractivity (Wildman–Crippen MR) is 62.7 cm³/mol. The molecule has 0 aliphatic rings. The van der Waals surface area contributed by atoms with Gasteiger partial charge in [0.1, 0.15) is 0 Å². The first-order valence-corrected chi connectivity index (χ1v) is 5.28. The summed E-state index contributed by atoms with van der Waals surface area (Å²) < 4.78 is 0.954. The lowest BCUT2D eigenvalue weighted by atomic mass is 10.1. The summed E-state index contributed by atoms with van der Waals surface area (Å²) in [6.07, 6.45) is 1.58. The van der Waals surface area contributed by atoms with E-state index in [0.29, 0.717) is 0 Å². The highest BCUT2D eigenvalue weighted by Gasteiger charge is 2.06. The number of aromatic nitrogens is 2. The average Bonchev–Trinajstić information content (AvgIpc) is 2.23. The Hall–Kier alpha value is -1.42. The molecule has 0 unspecified atom stereocenters. The van der Waals surface area contributed by atoms with Crippen LogP contribution in [-0.2, 0) is 0 Å². The number of benzene rings is 1. The van der Waals surface area contributed by atoms with E-state index < -0.39 is 0 Å². The maximum absolute atomic E-state index is 11.1. The first-order chi connectivity index (χ1) is 7.18.